The predicted molar refractivity (Wildman–Crippen MR) is 139 cm³/mol. The zero-order valence-electron chi connectivity index (χ0n) is 18.0. The first-order chi connectivity index (χ1) is 14.8. The van der Waals surface area contributed by atoms with Gasteiger partial charge in [-0.25, -0.2) is 0 Å². The van der Waals surface area contributed by atoms with Gasteiger partial charge >= 0.3 is 0 Å². The molecule has 2 N–H and O–H groups in total. The zero-order valence-corrected chi connectivity index (χ0v) is 21.1. The van der Waals surface area contributed by atoms with Crippen LogP contribution in [0.1, 0.15) is 35.2 Å². The highest BCUT2D eigenvalue weighted by Gasteiger charge is 2.19. The lowest BCUT2D eigenvalue weighted by atomic mass is 9.88. The Morgan fingerprint density at radius 2 is 2.10 bits per heavy atom. The number of rotatable bonds is 8. The number of halogens is 1. The smallest absolute Gasteiger partial charge is 0.191 e. The molecule has 1 unspecified atom stereocenters. The maximum absolute atomic E-state index is 4.87. The van der Waals surface area contributed by atoms with Crippen LogP contribution in [0.25, 0.3) is 0 Å². The van der Waals surface area contributed by atoms with Crippen molar-refractivity contribution in [1.29, 1.82) is 0 Å². The van der Waals surface area contributed by atoms with Gasteiger partial charge < -0.3 is 15.2 Å². The van der Waals surface area contributed by atoms with Crippen LogP contribution in [-0.2, 0) is 32.2 Å². The maximum Gasteiger partial charge on any atom is 0.191 e. The van der Waals surface area contributed by atoms with Gasteiger partial charge in [0.25, 0.3) is 0 Å². The second kappa shape index (κ2) is 12.2. The average molecular weight is 551 g/mol. The summed E-state index contributed by atoms with van der Waals surface area (Å²) in [7, 11) is 0. The fourth-order valence-electron chi connectivity index (χ4n) is 3.93. The number of guanidine groups is 1. The monoisotopic (exact) mass is 550 g/mol. The Bertz CT molecular complexity index is 953. The third-order valence-corrected chi connectivity index (χ3v) is 6.49. The van der Waals surface area contributed by atoms with Crippen molar-refractivity contribution in [3.63, 3.8) is 0 Å². The summed E-state index contributed by atoms with van der Waals surface area (Å²) >= 11 is 1.80. The Hall–Kier alpha value is -1.94. The molecule has 2 heterocycles. The van der Waals surface area contributed by atoms with E-state index in [1.807, 2.05) is 0 Å². The van der Waals surface area contributed by atoms with Gasteiger partial charge in [0.2, 0.25) is 0 Å². The molecule has 0 saturated heterocycles. The third kappa shape index (κ3) is 6.77. The quantitative estimate of drug-likeness (QED) is 0.254. The average Bonchev–Trinajstić information content (AvgIpc) is 3.45. The summed E-state index contributed by atoms with van der Waals surface area (Å²) in [5.74, 6) is 1.92. The molecule has 0 spiro atoms. The summed E-state index contributed by atoms with van der Waals surface area (Å²) in [5.41, 5.74) is 2.94. The highest BCUT2D eigenvalue weighted by Crippen LogP contribution is 2.21. The summed E-state index contributed by atoms with van der Waals surface area (Å²) in [6.45, 7) is 4.51. The Morgan fingerprint density at radius 1 is 1.23 bits per heavy atom. The van der Waals surface area contributed by atoms with Crippen LogP contribution in [0.2, 0.25) is 0 Å². The maximum atomic E-state index is 4.87. The van der Waals surface area contributed by atoms with Gasteiger partial charge in [0.1, 0.15) is 12.2 Å². The van der Waals surface area contributed by atoms with E-state index in [-0.39, 0.29) is 24.0 Å². The predicted octanol–water partition coefficient (Wildman–Crippen LogP) is 3.86. The molecule has 4 rings (SSSR count). The van der Waals surface area contributed by atoms with Crippen molar-refractivity contribution in [2.24, 2.45) is 4.99 Å². The van der Waals surface area contributed by atoms with Gasteiger partial charge in [-0.2, -0.15) is 0 Å². The molecule has 1 aromatic carbocycles. The van der Waals surface area contributed by atoms with Crippen molar-refractivity contribution in [2.45, 2.75) is 51.6 Å². The van der Waals surface area contributed by atoms with Crippen LogP contribution in [0, 0.1) is 0 Å². The normalized spacial score (nSPS) is 15.8. The highest BCUT2D eigenvalue weighted by molar-refractivity contribution is 14.0. The number of nitrogens with zero attached hydrogens (tertiary/aromatic N) is 4. The van der Waals surface area contributed by atoms with E-state index >= 15 is 0 Å². The number of aryl methyl sites for hydroxylation is 2. The van der Waals surface area contributed by atoms with E-state index in [2.05, 4.69) is 74.1 Å². The number of fused-ring (bicyclic) bond motifs is 1. The lowest BCUT2D eigenvalue weighted by Gasteiger charge is -2.27. The van der Waals surface area contributed by atoms with E-state index in [9.17, 15) is 0 Å². The van der Waals surface area contributed by atoms with Crippen LogP contribution in [0.3, 0.4) is 0 Å². The van der Waals surface area contributed by atoms with Crippen LogP contribution in [-0.4, -0.2) is 39.9 Å². The SMILES string of the molecule is CCc1nncn1CCNC(=NCCc1cccs1)NC1CCc2ccccc2C1.I. The molecule has 1 atom stereocenters. The first-order valence-electron chi connectivity index (χ1n) is 10.8. The number of thiophene rings is 1. The topological polar surface area (TPSA) is 67.1 Å². The molecule has 3 aromatic rings. The van der Waals surface area contributed by atoms with E-state index < -0.39 is 0 Å². The van der Waals surface area contributed by atoms with Gasteiger partial charge in [-0.1, -0.05) is 37.3 Å². The minimum Gasteiger partial charge on any atom is -0.355 e. The van der Waals surface area contributed by atoms with Crippen LogP contribution >= 0.6 is 35.3 Å². The Labute approximate surface area is 205 Å². The minimum absolute atomic E-state index is 0. The summed E-state index contributed by atoms with van der Waals surface area (Å²) in [4.78, 5) is 6.25. The second-order valence-corrected chi connectivity index (χ2v) is 8.67. The lowest BCUT2D eigenvalue weighted by Crippen LogP contribution is -2.46. The van der Waals surface area contributed by atoms with Crippen molar-refractivity contribution in [3.8, 4) is 0 Å². The van der Waals surface area contributed by atoms with E-state index in [1.165, 1.54) is 16.0 Å². The molecule has 166 valence electrons. The van der Waals surface area contributed by atoms with Crippen LogP contribution in [0.5, 0.6) is 0 Å². The van der Waals surface area contributed by atoms with Crippen molar-refractivity contribution in [1.82, 2.24) is 25.4 Å². The largest absolute Gasteiger partial charge is 0.355 e. The first kappa shape index (κ1) is 23.7. The molecule has 0 amide bonds. The summed E-state index contributed by atoms with van der Waals surface area (Å²) in [6, 6.07) is 13.5. The van der Waals surface area contributed by atoms with Gasteiger partial charge in [0, 0.05) is 43.4 Å². The van der Waals surface area contributed by atoms with E-state index in [1.54, 1.807) is 17.7 Å². The molecule has 0 radical (unpaired) electrons. The van der Waals surface area contributed by atoms with Gasteiger partial charge in [0.15, 0.2) is 5.96 Å². The molecule has 1 aliphatic carbocycles. The van der Waals surface area contributed by atoms with Crippen LogP contribution < -0.4 is 10.6 Å². The number of hydrogen-bond donors (Lipinski definition) is 2. The van der Waals surface area contributed by atoms with Crippen molar-refractivity contribution in [3.05, 3.63) is 69.9 Å². The molecular weight excluding hydrogens is 519 g/mol. The van der Waals surface area contributed by atoms with Crippen molar-refractivity contribution >= 4 is 41.3 Å². The molecule has 0 aliphatic heterocycles. The van der Waals surface area contributed by atoms with Crippen molar-refractivity contribution in [2.75, 3.05) is 13.1 Å². The Kier molecular flexibility index (Phi) is 9.32. The lowest BCUT2D eigenvalue weighted by molar-refractivity contribution is 0.517. The van der Waals surface area contributed by atoms with Gasteiger partial charge in [-0.15, -0.1) is 45.5 Å². The zero-order chi connectivity index (χ0) is 20.6. The standard InChI is InChI=1S/C23H30N6S.HI/c1-2-22-28-26-17-29(22)14-13-25-23(24-12-11-21-8-5-15-30-21)27-20-10-9-18-6-3-4-7-19(18)16-20;/h3-8,15,17,20H,2,9-14,16H2,1H3,(H2,24,25,27);1H. The van der Waals surface area contributed by atoms with Gasteiger partial charge in [0.05, 0.1) is 0 Å². The molecule has 0 saturated carbocycles. The highest BCUT2D eigenvalue weighted by atomic mass is 127. The molecule has 31 heavy (non-hydrogen) atoms. The molecule has 2 aromatic heterocycles. The van der Waals surface area contributed by atoms with E-state index in [4.69, 9.17) is 4.99 Å². The molecule has 0 bridgehead atoms. The molecule has 0 fully saturated rings. The number of aliphatic imine (C=N–C) groups is 1. The van der Waals surface area contributed by atoms with Crippen LogP contribution in [0.4, 0.5) is 0 Å². The third-order valence-electron chi connectivity index (χ3n) is 5.55. The number of benzene rings is 1. The van der Waals surface area contributed by atoms with Gasteiger partial charge in [-0.05, 0) is 41.8 Å². The molecule has 1 aliphatic rings. The number of aromatic nitrogens is 3. The summed E-state index contributed by atoms with van der Waals surface area (Å²) in [6.07, 6.45) is 6.97. The fourth-order valence-corrected chi connectivity index (χ4v) is 4.63. The first-order valence-corrected chi connectivity index (χ1v) is 11.7. The Morgan fingerprint density at radius 3 is 2.90 bits per heavy atom. The molecule has 8 heteroatoms. The van der Waals surface area contributed by atoms with E-state index in [0.717, 1.165) is 63.5 Å². The van der Waals surface area contributed by atoms with E-state index in [0.29, 0.717) is 6.04 Å². The minimum atomic E-state index is 0. The molecular formula is C23H31IN6S. The molecule has 6 nitrogen and oxygen atoms in total. The fraction of sp³-hybridized carbons (Fsp3) is 0.435. The summed E-state index contributed by atoms with van der Waals surface area (Å²) in [5, 5.41) is 17.5. The number of hydrogen-bond acceptors (Lipinski definition) is 4. The second-order valence-electron chi connectivity index (χ2n) is 7.63. The van der Waals surface area contributed by atoms with Crippen LogP contribution in [0.15, 0.2) is 53.1 Å². The van der Waals surface area contributed by atoms with Crippen molar-refractivity contribution < 1.29 is 0 Å². The Balaban J connectivity index is 0.00000272. The number of nitrogens with one attached hydrogen (secondary N) is 2. The summed E-state index contributed by atoms with van der Waals surface area (Å²) < 4.78 is 2.10. The van der Waals surface area contributed by atoms with Gasteiger partial charge in [-0.3, -0.25) is 4.99 Å².